The summed E-state index contributed by atoms with van der Waals surface area (Å²) in [5.74, 6) is -110. The summed E-state index contributed by atoms with van der Waals surface area (Å²) in [5, 5.41) is 0. The lowest BCUT2D eigenvalue weighted by Gasteiger charge is -2.53. The van der Waals surface area contributed by atoms with E-state index in [1.54, 1.807) is 0 Å². The van der Waals surface area contributed by atoms with Gasteiger partial charge in [-0.3, -0.25) is 4.74 Å². The molecule has 0 aromatic rings. The first kappa shape index (κ1) is 56.5. The molecular weight excluding hydrogens is 957 g/mol. The molecule has 0 aromatic carbocycles. The van der Waals surface area contributed by atoms with Crippen LogP contribution in [0.1, 0.15) is 28.2 Å². The maximum atomic E-state index is 13.4. The highest BCUT2D eigenvalue weighted by molar-refractivity contribution is 5.31. The minimum absolute atomic E-state index is 0. The SMILES string of the molecule is C.CC(F)(F)C1(F)C(F)(F)C(F)(F)C(F)(F)C(F)(F)C1(F)F.CC(F)(F)C1(F)C(F)(F)C(F)(F)C(F)(F)C1(F)F.CC(F)(F)C1(F)OC(F)(F)C(F)(F)C(F)(F)C1(F)F. The van der Waals surface area contributed by atoms with E-state index in [2.05, 4.69) is 4.74 Å². The van der Waals surface area contributed by atoms with Gasteiger partial charge in [0.15, 0.2) is 0 Å². The Balaban J connectivity index is 0.000000851. The zero-order chi connectivity index (χ0) is 48.2. The summed E-state index contributed by atoms with van der Waals surface area (Å²) < 4.78 is 447. The highest BCUT2D eigenvalue weighted by Crippen LogP contribution is 2.74. The molecule has 0 spiro atoms. The average Bonchev–Trinajstić information content (AvgIpc) is 3.01. The smallest absolute Gasteiger partial charge is 0.267 e. The van der Waals surface area contributed by atoms with E-state index in [1.807, 2.05) is 0 Å². The Morgan fingerprint density at radius 3 is 0.593 bits per heavy atom. The molecule has 36 heteroatoms. The Morgan fingerprint density at radius 1 is 0.254 bits per heavy atom. The molecule has 3 rings (SSSR count). The predicted molar refractivity (Wildman–Crippen MR) is 116 cm³/mol. The molecule has 59 heavy (non-hydrogen) atoms. The largest absolute Gasteiger partial charge is 0.428 e. The fourth-order valence-corrected chi connectivity index (χ4v) is 4.60. The van der Waals surface area contributed by atoms with Crippen LogP contribution in [0.4, 0.5) is 154 Å². The molecule has 1 aliphatic heterocycles. The summed E-state index contributed by atoms with van der Waals surface area (Å²) in [6, 6.07) is 0. The van der Waals surface area contributed by atoms with Crippen molar-refractivity contribution < 1.29 is 158 Å². The minimum Gasteiger partial charge on any atom is -0.267 e. The fraction of sp³-hybridized carbons (Fsp3) is 1.00. The van der Waals surface area contributed by atoms with Gasteiger partial charge in [0.1, 0.15) is 0 Å². The van der Waals surface area contributed by atoms with Gasteiger partial charge < -0.3 is 0 Å². The maximum absolute atomic E-state index is 13.4. The van der Waals surface area contributed by atoms with E-state index < -0.39 is 133 Å². The van der Waals surface area contributed by atoms with Crippen molar-refractivity contribution in [2.75, 3.05) is 0 Å². The van der Waals surface area contributed by atoms with E-state index in [9.17, 15) is 154 Å². The fourth-order valence-electron chi connectivity index (χ4n) is 4.60. The van der Waals surface area contributed by atoms with Crippen LogP contribution in [0.15, 0.2) is 0 Å². The van der Waals surface area contributed by atoms with Crippen LogP contribution in [0.3, 0.4) is 0 Å². The molecule has 0 amide bonds. The molecule has 1 nitrogen and oxygen atoms in total. The highest BCUT2D eigenvalue weighted by Gasteiger charge is 3.06. The van der Waals surface area contributed by atoms with Crippen LogP contribution in [0, 0.1) is 0 Å². The van der Waals surface area contributed by atoms with Gasteiger partial charge in [-0.15, -0.1) is 0 Å². The molecule has 356 valence electrons. The molecule has 1 saturated heterocycles. The van der Waals surface area contributed by atoms with Crippen molar-refractivity contribution in [3.63, 3.8) is 0 Å². The first-order chi connectivity index (χ1) is 24.2. The molecule has 1 atom stereocenters. The second-order valence-corrected chi connectivity index (χ2v) is 12.1. The zero-order valence-electron chi connectivity index (χ0n) is 26.1. The van der Waals surface area contributed by atoms with Gasteiger partial charge in [-0.05, 0) is 0 Å². The normalized spacial score (nSPS) is 32.4. The summed E-state index contributed by atoms with van der Waals surface area (Å²) in [6.45, 7) is -2.84. The lowest BCUT2D eigenvalue weighted by Crippen LogP contribution is -2.86. The molecule has 0 N–H and O–H groups in total. The minimum atomic E-state index is -7.50. The number of alkyl halides is 35. The van der Waals surface area contributed by atoms with Crippen LogP contribution in [-0.2, 0) is 4.74 Å². The Hall–Kier alpha value is -2.49. The molecule has 1 unspecified atom stereocenters. The van der Waals surface area contributed by atoms with Gasteiger partial charge in [0, 0.05) is 20.8 Å². The molecule has 0 aromatic heterocycles. The Kier molecular flexibility index (Phi) is 12.5. The van der Waals surface area contributed by atoms with Crippen LogP contribution in [0.25, 0.3) is 0 Å². The lowest BCUT2D eigenvalue weighted by molar-refractivity contribution is -0.556. The molecule has 3 aliphatic rings. The molecule has 0 bridgehead atoms. The van der Waals surface area contributed by atoms with Crippen molar-refractivity contribution in [1.82, 2.24) is 0 Å². The first-order valence-electron chi connectivity index (χ1n) is 13.0. The Bertz CT molecular complexity index is 1500. The van der Waals surface area contributed by atoms with Crippen LogP contribution in [-0.4, -0.2) is 112 Å². The standard InChI is InChI=1S/C8H3F13.C7H3F11O.C7H3F11.CH4/c1-2(9,10)3(11)4(12,13)6(16,17)8(20,21)7(18,19)5(3,14)15;1-2(8,9)6(16)4(12,13)3(10,11)5(14,15)7(17,18)19-6;1-2(8,9)3(10)4(11,12)6(15,16)7(17,18)5(3,13)14;/h1H3;1H3;1H3;1H4. The number of hydrogen-bond donors (Lipinski definition) is 0. The maximum Gasteiger partial charge on any atom is 0.428 e. The molecule has 3 fully saturated rings. The van der Waals surface area contributed by atoms with E-state index >= 15 is 0 Å². The lowest BCUT2D eigenvalue weighted by atomic mass is 9.69. The van der Waals surface area contributed by atoms with E-state index in [0.29, 0.717) is 0 Å². The number of halogens is 35. The van der Waals surface area contributed by atoms with Crippen LogP contribution >= 0.6 is 0 Å². The quantitative estimate of drug-likeness (QED) is 0.256. The van der Waals surface area contributed by atoms with Gasteiger partial charge in [-0.2, -0.15) is 119 Å². The van der Waals surface area contributed by atoms with Crippen LogP contribution in [0.5, 0.6) is 0 Å². The van der Waals surface area contributed by atoms with Gasteiger partial charge in [-0.1, -0.05) is 7.43 Å². The zero-order valence-corrected chi connectivity index (χ0v) is 26.1. The Labute approximate surface area is 300 Å². The van der Waals surface area contributed by atoms with E-state index in [-0.39, 0.29) is 7.43 Å². The van der Waals surface area contributed by atoms with Crippen molar-refractivity contribution in [1.29, 1.82) is 0 Å². The summed E-state index contributed by atoms with van der Waals surface area (Å²) in [4.78, 5) is 0. The third-order valence-electron chi connectivity index (χ3n) is 8.09. The molecular formula is C23H13F35O. The van der Waals surface area contributed by atoms with Crippen molar-refractivity contribution in [3.05, 3.63) is 0 Å². The van der Waals surface area contributed by atoms with E-state index in [1.165, 1.54) is 0 Å². The van der Waals surface area contributed by atoms with Crippen molar-refractivity contribution in [2.45, 2.75) is 140 Å². The second-order valence-electron chi connectivity index (χ2n) is 12.1. The number of hydrogen-bond acceptors (Lipinski definition) is 1. The van der Waals surface area contributed by atoms with E-state index in [4.69, 9.17) is 0 Å². The summed E-state index contributed by atoms with van der Waals surface area (Å²) >= 11 is 0. The van der Waals surface area contributed by atoms with Gasteiger partial charge in [0.2, 0.25) is 0 Å². The number of ether oxygens (including phenoxy) is 1. The van der Waals surface area contributed by atoms with Gasteiger partial charge in [0.25, 0.3) is 11.8 Å². The molecule has 2 aliphatic carbocycles. The van der Waals surface area contributed by atoms with Gasteiger partial charge in [0.05, 0.1) is 0 Å². The summed E-state index contributed by atoms with van der Waals surface area (Å²) in [5.41, 5.74) is -14.0. The predicted octanol–water partition coefficient (Wildman–Crippen LogP) is 12.9. The first-order valence-corrected chi connectivity index (χ1v) is 13.0. The van der Waals surface area contributed by atoms with E-state index in [0.717, 1.165) is 0 Å². The third kappa shape index (κ3) is 5.80. The van der Waals surface area contributed by atoms with Crippen LogP contribution < -0.4 is 0 Å². The van der Waals surface area contributed by atoms with Gasteiger partial charge >= 0.3 is 100 Å². The van der Waals surface area contributed by atoms with Gasteiger partial charge in [-0.25, -0.2) is 35.1 Å². The van der Waals surface area contributed by atoms with Crippen molar-refractivity contribution in [3.8, 4) is 0 Å². The number of rotatable bonds is 3. The molecule has 1 heterocycles. The monoisotopic (exact) mass is 970 g/mol. The Morgan fingerprint density at radius 2 is 0.424 bits per heavy atom. The van der Waals surface area contributed by atoms with Crippen LogP contribution in [0.2, 0.25) is 0 Å². The summed E-state index contributed by atoms with van der Waals surface area (Å²) in [6.07, 6.45) is -6.56. The topological polar surface area (TPSA) is 9.23 Å². The highest BCUT2D eigenvalue weighted by atomic mass is 19.4. The second kappa shape index (κ2) is 13.0. The summed E-state index contributed by atoms with van der Waals surface area (Å²) in [7, 11) is 0. The molecule has 0 radical (unpaired) electrons. The van der Waals surface area contributed by atoms with Crippen molar-refractivity contribution >= 4 is 0 Å². The third-order valence-corrected chi connectivity index (χ3v) is 8.09. The average molecular weight is 970 g/mol. The van der Waals surface area contributed by atoms with Crippen molar-refractivity contribution in [2.24, 2.45) is 0 Å². The molecule has 2 saturated carbocycles.